The molecule has 1 aromatic carbocycles. The minimum absolute atomic E-state index is 0.0442. The fraction of sp³-hybridized carbons (Fsp3) is 0.300. The van der Waals surface area contributed by atoms with Gasteiger partial charge >= 0.3 is 0 Å². The largest absolute Gasteiger partial charge is 0.310 e. The zero-order valence-corrected chi connectivity index (χ0v) is 8.93. The van der Waals surface area contributed by atoms with Gasteiger partial charge < -0.3 is 9.80 Å². The highest BCUT2D eigenvalue weighted by Crippen LogP contribution is 2.35. The molecule has 0 fully saturated rings. The number of rotatable bonds is 2. The van der Waals surface area contributed by atoms with Gasteiger partial charge in [0, 0.05) is 24.2 Å². The van der Waals surface area contributed by atoms with Gasteiger partial charge in [-0.2, -0.15) is 0 Å². The van der Waals surface area contributed by atoms with Crippen molar-refractivity contribution in [1.82, 2.24) is 5.43 Å². The number of aryl methyl sites for hydroxylation is 1. The lowest BCUT2D eigenvalue weighted by Crippen LogP contribution is -2.30. The zero-order valence-electron chi connectivity index (χ0n) is 8.93. The van der Waals surface area contributed by atoms with E-state index in [1.54, 1.807) is 25.0 Å². The number of nitrogens with one attached hydrogen (secondary N) is 1. The van der Waals surface area contributed by atoms with Crippen LogP contribution in [0.2, 0.25) is 0 Å². The molecular weight excluding hydrogens is 210 g/mol. The molecule has 0 spiro atoms. The highest BCUT2D eigenvalue weighted by molar-refractivity contribution is 5.74. The number of hydrogen-bond donors (Lipinski definition) is 1. The molecule has 16 heavy (non-hydrogen) atoms. The lowest BCUT2D eigenvalue weighted by atomic mass is 10.0. The predicted molar refractivity (Wildman–Crippen MR) is 58.2 cm³/mol. The van der Waals surface area contributed by atoms with Crippen LogP contribution < -0.4 is 10.4 Å². The fourth-order valence-corrected chi connectivity index (χ4v) is 1.89. The number of hydrazine groups is 1. The second-order valence-electron chi connectivity index (χ2n) is 3.76. The Bertz CT molecular complexity index is 473. The average molecular weight is 221 g/mol. The first kappa shape index (κ1) is 10.6. The average Bonchev–Trinajstić information content (AvgIpc) is 2.54. The van der Waals surface area contributed by atoms with Crippen molar-refractivity contribution in [3.8, 4) is 0 Å². The Balaban J connectivity index is 2.60. The van der Waals surface area contributed by atoms with Gasteiger partial charge in [0.2, 0.25) is 0 Å². The van der Waals surface area contributed by atoms with E-state index in [1.807, 2.05) is 0 Å². The van der Waals surface area contributed by atoms with Gasteiger partial charge in [-0.05, 0) is 13.0 Å². The molecule has 0 amide bonds. The summed E-state index contributed by atoms with van der Waals surface area (Å²) in [5.74, 6) is 0. The van der Waals surface area contributed by atoms with Crippen LogP contribution in [0.4, 0.5) is 11.4 Å². The maximum absolute atomic E-state index is 10.8. The molecule has 0 saturated carbocycles. The Morgan fingerprint density at radius 2 is 2.25 bits per heavy atom. The van der Waals surface area contributed by atoms with E-state index in [9.17, 15) is 14.9 Å². The van der Waals surface area contributed by atoms with Crippen molar-refractivity contribution >= 4 is 17.7 Å². The van der Waals surface area contributed by atoms with Gasteiger partial charge in [0.15, 0.2) is 0 Å². The molecule has 0 radical (unpaired) electrons. The number of nitro benzene ring substituents is 1. The number of fused-ring (bicyclic) bond motifs is 1. The van der Waals surface area contributed by atoms with E-state index in [0.29, 0.717) is 11.1 Å². The first-order valence-electron chi connectivity index (χ1n) is 4.78. The number of carbonyl (C=O) groups is 1. The predicted octanol–water partition coefficient (Wildman–Crippen LogP) is 1.10. The number of hydrogen-bond acceptors (Lipinski definition) is 5. The lowest BCUT2D eigenvalue weighted by Gasteiger charge is -2.12. The highest BCUT2D eigenvalue weighted by Gasteiger charge is 2.28. The Labute approximate surface area is 92.0 Å². The molecule has 2 rings (SSSR count). The van der Waals surface area contributed by atoms with Crippen LogP contribution in [-0.4, -0.2) is 18.3 Å². The van der Waals surface area contributed by atoms with E-state index in [4.69, 9.17) is 0 Å². The van der Waals surface area contributed by atoms with Crippen LogP contribution >= 0.6 is 0 Å². The van der Waals surface area contributed by atoms with E-state index in [-0.39, 0.29) is 5.69 Å². The summed E-state index contributed by atoms with van der Waals surface area (Å²) in [6.07, 6.45) is 0.737. The summed E-state index contributed by atoms with van der Waals surface area (Å²) in [5, 5.41) is 12.5. The number of aldehydes is 1. The van der Waals surface area contributed by atoms with Crippen LogP contribution in [0.3, 0.4) is 0 Å². The summed E-state index contributed by atoms with van der Waals surface area (Å²) in [6, 6.07) is 2.67. The van der Waals surface area contributed by atoms with Crippen molar-refractivity contribution in [2.24, 2.45) is 0 Å². The second-order valence-corrected chi connectivity index (χ2v) is 3.76. The van der Waals surface area contributed by atoms with E-state index >= 15 is 0 Å². The first-order chi connectivity index (χ1) is 7.54. The van der Waals surface area contributed by atoms with Crippen molar-refractivity contribution in [2.75, 3.05) is 12.1 Å². The third-order valence-corrected chi connectivity index (χ3v) is 2.71. The monoisotopic (exact) mass is 221 g/mol. The lowest BCUT2D eigenvalue weighted by molar-refractivity contribution is -0.385. The number of benzene rings is 1. The van der Waals surface area contributed by atoms with Gasteiger partial charge in [-0.1, -0.05) is 0 Å². The Morgan fingerprint density at radius 1 is 1.56 bits per heavy atom. The maximum Gasteiger partial charge on any atom is 0.272 e. The topological polar surface area (TPSA) is 75.5 Å². The van der Waals surface area contributed by atoms with Crippen LogP contribution in [0, 0.1) is 17.0 Å². The molecule has 6 heteroatoms. The van der Waals surface area contributed by atoms with Gasteiger partial charge in [0.05, 0.1) is 10.6 Å². The van der Waals surface area contributed by atoms with Crippen LogP contribution in [0.1, 0.15) is 17.2 Å². The molecule has 1 aromatic rings. The SMILES string of the molecule is Cc1cc2c(cc1[N+](=O)[O-])C(C=O)NN2C. The molecule has 1 unspecified atom stereocenters. The van der Waals surface area contributed by atoms with E-state index in [1.165, 1.54) is 6.07 Å². The molecule has 1 aliphatic heterocycles. The van der Waals surface area contributed by atoms with Gasteiger partial charge in [0.1, 0.15) is 12.3 Å². The number of anilines is 1. The van der Waals surface area contributed by atoms with E-state index in [2.05, 4.69) is 5.43 Å². The van der Waals surface area contributed by atoms with Gasteiger partial charge in [-0.15, -0.1) is 0 Å². The van der Waals surface area contributed by atoms with Crippen molar-refractivity contribution in [3.63, 3.8) is 0 Å². The van der Waals surface area contributed by atoms with E-state index < -0.39 is 11.0 Å². The Kier molecular flexibility index (Phi) is 2.35. The molecule has 1 atom stereocenters. The smallest absolute Gasteiger partial charge is 0.272 e. The normalized spacial score (nSPS) is 18.4. The summed E-state index contributed by atoms with van der Waals surface area (Å²) in [6.45, 7) is 1.68. The molecule has 0 aromatic heterocycles. The molecule has 1 N–H and O–H groups in total. The fourth-order valence-electron chi connectivity index (χ4n) is 1.89. The third kappa shape index (κ3) is 1.43. The van der Waals surface area contributed by atoms with Gasteiger partial charge in [-0.3, -0.25) is 10.1 Å². The van der Waals surface area contributed by atoms with Crippen molar-refractivity contribution < 1.29 is 9.72 Å². The van der Waals surface area contributed by atoms with Crippen molar-refractivity contribution in [3.05, 3.63) is 33.4 Å². The molecule has 6 nitrogen and oxygen atoms in total. The summed E-state index contributed by atoms with van der Waals surface area (Å²) in [7, 11) is 1.77. The highest BCUT2D eigenvalue weighted by atomic mass is 16.6. The molecular formula is C10H11N3O3. The molecule has 0 saturated heterocycles. The molecule has 0 bridgehead atoms. The standard InChI is InChI=1S/C10H11N3O3/c1-6-3-10-7(4-9(6)13(15)16)8(5-14)11-12(10)2/h3-5,8,11H,1-2H3. The Hall–Kier alpha value is -1.95. The number of nitrogens with zero attached hydrogens (tertiary/aromatic N) is 2. The second kappa shape index (κ2) is 3.57. The number of nitro groups is 1. The molecule has 84 valence electrons. The van der Waals surface area contributed by atoms with Crippen molar-refractivity contribution in [2.45, 2.75) is 13.0 Å². The van der Waals surface area contributed by atoms with Crippen LogP contribution in [0.15, 0.2) is 12.1 Å². The minimum Gasteiger partial charge on any atom is -0.310 e. The molecule has 1 heterocycles. The summed E-state index contributed by atoms with van der Waals surface area (Å²) in [5.41, 5.74) is 4.99. The molecule has 0 aliphatic carbocycles. The van der Waals surface area contributed by atoms with Crippen LogP contribution in [0.25, 0.3) is 0 Å². The summed E-state index contributed by atoms with van der Waals surface area (Å²) < 4.78 is 0. The molecule has 1 aliphatic rings. The summed E-state index contributed by atoms with van der Waals surface area (Å²) >= 11 is 0. The maximum atomic E-state index is 10.8. The van der Waals surface area contributed by atoms with Crippen LogP contribution in [-0.2, 0) is 4.79 Å². The zero-order chi connectivity index (χ0) is 11.9. The summed E-state index contributed by atoms with van der Waals surface area (Å²) in [4.78, 5) is 21.2. The van der Waals surface area contributed by atoms with Crippen molar-refractivity contribution in [1.29, 1.82) is 0 Å². The van der Waals surface area contributed by atoms with E-state index in [0.717, 1.165) is 12.0 Å². The quantitative estimate of drug-likeness (QED) is 0.459. The minimum atomic E-state index is -0.501. The first-order valence-corrected chi connectivity index (χ1v) is 4.78. The van der Waals surface area contributed by atoms with Crippen LogP contribution in [0.5, 0.6) is 0 Å². The number of carbonyl (C=O) groups excluding carboxylic acids is 1. The van der Waals surface area contributed by atoms with Gasteiger partial charge in [0.25, 0.3) is 5.69 Å². The Morgan fingerprint density at radius 3 is 2.81 bits per heavy atom. The van der Waals surface area contributed by atoms with Gasteiger partial charge in [-0.25, -0.2) is 5.43 Å². The third-order valence-electron chi connectivity index (χ3n) is 2.71.